The van der Waals surface area contributed by atoms with Gasteiger partial charge in [0.15, 0.2) is 6.10 Å². The van der Waals surface area contributed by atoms with Gasteiger partial charge < -0.3 is 19.5 Å². The minimum absolute atomic E-state index is 0.0503. The second-order valence-corrected chi connectivity index (χ2v) is 4.68. The Balaban J connectivity index is 2.05. The number of nitrogens with zero attached hydrogens (tertiary/aromatic N) is 2. The van der Waals surface area contributed by atoms with Crippen molar-refractivity contribution >= 4 is 17.7 Å². The molecule has 1 aliphatic rings. The van der Waals surface area contributed by atoms with Crippen LogP contribution in [0.15, 0.2) is 24.3 Å². The fourth-order valence-electron chi connectivity index (χ4n) is 2.10. The number of carbonyl (C=O) groups is 2. The van der Waals surface area contributed by atoms with Crippen molar-refractivity contribution in [1.82, 2.24) is 4.90 Å². The summed E-state index contributed by atoms with van der Waals surface area (Å²) in [5.74, 6) is -0.350. The number of anilines is 1. The van der Waals surface area contributed by atoms with Gasteiger partial charge in [-0.25, -0.2) is 9.59 Å². The molecule has 0 aliphatic carbocycles. The maximum atomic E-state index is 12.4. The molecule has 0 radical (unpaired) electrons. The minimum Gasteiger partial charge on any atom is -0.497 e. The molecule has 2 rings (SSSR count). The topological polar surface area (TPSA) is 79.3 Å². The van der Waals surface area contributed by atoms with Gasteiger partial charge in [0.05, 0.1) is 20.3 Å². The van der Waals surface area contributed by atoms with E-state index in [9.17, 15) is 9.59 Å². The van der Waals surface area contributed by atoms with Crippen LogP contribution >= 0.6 is 0 Å². The molecule has 1 saturated heterocycles. The lowest BCUT2D eigenvalue weighted by Gasteiger charge is -2.33. The van der Waals surface area contributed by atoms with Crippen LogP contribution in [0.3, 0.4) is 0 Å². The van der Waals surface area contributed by atoms with Crippen molar-refractivity contribution in [2.75, 3.05) is 38.8 Å². The average Bonchev–Trinajstić information content (AvgIpc) is 2.53. The van der Waals surface area contributed by atoms with Gasteiger partial charge in [-0.2, -0.15) is 0 Å². The third-order valence-electron chi connectivity index (χ3n) is 3.36. The summed E-state index contributed by atoms with van der Waals surface area (Å²) in [5, 5.41) is 8.96. The number of ether oxygens (including phenoxy) is 2. The molecule has 1 aromatic rings. The molecule has 1 atom stereocenters. The maximum absolute atomic E-state index is 12.4. The number of methoxy groups -OCH3 is 1. The first-order valence-electron chi connectivity index (χ1n) is 6.54. The van der Waals surface area contributed by atoms with Crippen LogP contribution in [0.5, 0.6) is 5.75 Å². The highest BCUT2D eigenvalue weighted by molar-refractivity contribution is 5.92. The van der Waals surface area contributed by atoms with E-state index >= 15 is 0 Å². The molecule has 1 aliphatic heterocycles. The Bertz CT molecular complexity index is 517. The molecule has 0 spiro atoms. The molecule has 1 N–H and O–H groups in total. The number of aliphatic carboxylic acids is 1. The van der Waals surface area contributed by atoms with Crippen LogP contribution in [0.1, 0.15) is 0 Å². The third-order valence-corrected chi connectivity index (χ3v) is 3.36. The second kappa shape index (κ2) is 6.45. The second-order valence-electron chi connectivity index (χ2n) is 4.68. The van der Waals surface area contributed by atoms with E-state index < -0.39 is 12.1 Å². The van der Waals surface area contributed by atoms with Gasteiger partial charge in [-0.1, -0.05) is 0 Å². The Labute approximate surface area is 122 Å². The number of benzene rings is 1. The van der Waals surface area contributed by atoms with Crippen LogP contribution in [-0.2, 0) is 9.53 Å². The van der Waals surface area contributed by atoms with Gasteiger partial charge in [0.25, 0.3) is 0 Å². The molecule has 21 heavy (non-hydrogen) atoms. The summed E-state index contributed by atoms with van der Waals surface area (Å²) in [6, 6.07) is 6.81. The molecule has 2 amide bonds. The van der Waals surface area contributed by atoms with Gasteiger partial charge >= 0.3 is 12.0 Å². The van der Waals surface area contributed by atoms with E-state index in [1.54, 1.807) is 38.4 Å². The van der Waals surface area contributed by atoms with Crippen molar-refractivity contribution in [2.24, 2.45) is 0 Å². The summed E-state index contributed by atoms with van der Waals surface area (Å²) in [6.07, 6.45) is -0.966. The van der Waals surface area contributed by atoms with Crippen LogP contribution in [-0.4, -0.2) is 62.0 Å². The van der Waals surface area contributed by atoms with Crippen molar-refractivity contribution in [1.29, 1.82) is 0 Å². The fraction of sp³-hybridized carbons (Fsp3) is 0.429. The standard InChI is InChI=1S/C14H18N2O5/c1-15(10-3-5-11(20-2)6-4-10)14(19)16-7-8-21-12(9-16)13(17)18/h3-6,12H,7-9H2,1-2H3,(H,17,18). The van der Waals surface area contributed by atoms with Gasteiger partial charge in [0, 0.05) is 19.3 Å². The molecule has 0 bridgehead atoms. The maximum Gasteiger partial charge on any atom is 0.334 e. The van der Waals surface area contributed by atoms with Gasteiger partial charge in [-0.3, -0.25) is 4.90 Å². The molecule has 1 unspecified atom stereocenters. The molecule has 114 valence electrons. The van der Waals surface area contributed by atoms with Gasteiger partial charge in [0.2, 0.25) is 0 Å². The molecule has 1 fully saturated rings. The average molecular weight is 294 g/mol. The Morgan fingerprint density at radius 1 is 1.38 bits per heavy atom. The van der Waals surface area contributed by atoms with Crippen LogP contribution in [0.4, 0.5) is 10.5 Å². The normalized spacial score (nSPS) is 18.2. The zero-order valence-electron chi connectivity index (χ0n) is 12.0. The number of urea groups is 1. The first-order valence-corrected chi connectivity index (χ1v) is 6.54. The summed E-state index contributed by atoms with van der Waals surface area (Å²) >= 11 is 0. The number of morpholine rings is 1. The predicted molar refractivity (Wildman–Crippen MR) is 75.7 cm³/mol. The van der Waals surface area contributed by atoms with Crippen molar-refractivity contribution in [3.8, 4) is 5.75 Å². The van der Waals surface area contributed by atoms with Crippen LogP contribution in [0, 0.1) is 0 Å². The summed E-state index contributed by atoms with van der Waals surface area (Å²) in [5.41, 5.74) is 0.708. The van der Waals surface area contributed by atoms with E-state index in [0.29, 0.717) is 18.0 Å². The van der Waals surface area contributed by atoms with Crippen LogP contribution in [0.25, 0.3) is 0 Å². The Kier molecular flexibility index (Phi) is 4.64. The molecular weight excluding hydrogens is 276 g/mol. The van der Waals surface area contributed by atoms with Crippen LogP contribution in [0.2, 0.25) is 0 Å². The highest BCUT2D eigenvalue weighted by Gasteiger charge is 2.30. The van der Waals surface area contributed by atoms with Crippen LogP contribution < -0.4 is 9.64 Å². The van der Waals surface area contributed by atoms with E-state index in [1.807, 2.05) is 0 Å². The van der Waals surface area contributed by atoms with E-state index in [1.165, 1.54) is 9.80 Å². The van der Waals surface area contributed by atoms with Crippen molar-refractivity contribution in [3.05, 3.63) is 24.3 Å². The van der Waals surface area contributed by atoms with Gasteiger partial charge in [-0.05, 0) is 24.3 Å². The minimum atomic E-state index is -1.06. The molecule has 1 aromatic carbocycles. The third kappa shape index (κ3) is 3.43. The number of rotatable bonds is 3. The Morgan fingerprint density at radius 2 is 2.05 bits per heavy atom. The SMILES string of the molecule is COc1ccc(N(C)C(=O)N2CCOC(C(=O)O)C2)cc1. The van der Waals surface area contributed by atoms with E-state index in [-0.39, 0.29) is 19.2 Å². The van der Waals surface area contributed by atoms with Gasteiger partial charge in [-0.15, -0.1) is 0 Å². The summed E-state index contributed by atoms with van der Waals surface area (Å²) in [6.45, 7) is 0.650. The van der Waals surface area contributed by atoms with Crippen molar-refractivity contribution < 1.29 is 24.2 Å². The quantitative estimate of drug-likeness (QED) is 0.901. The lowest BCUT2D eigenvalue weighted by Crippen LogP contribution is -2.52. The first-order chi connectivity index (χ1) is 10.0. The van der Waals surface area contributed by atoms with Crippen molar-refractivity contribution in [3.63, 3.8) is 0 Å². The molecular formula is C14H18N2O5. The van der Waals surface area contributed by atoms with E-state index in [4.69, 9.17) is 14.6 Å². The smallest absolute Gasteiger partial charge is 0.334 e. The van der Waals surface area contributed by atoms with E-state index in [0.717, 1.165) is 0 Å². The Morgan fingerprint density at radius 3 is 2.62 bits per heavy atom. The number of carboxylic acid groups (broad SMARTS) is 1. The molecule has 1 heterocycles. The predicted octanol–water partition coefficient (Wildman–Crippen LogP) is 1.04. The Hall–Kier alpha value is -2.28. The van der Waals surface area contributed by atoms with E-state index in [2.05, 4.69) is 0 Å². The monoisotopic (exact) mass is 294 g/mol. The highest BCUT2D eigenvalue weighted by atomic mass is 16.5. The largest absolute Gasteiger partial charge is 0.497 e. The number of carboxylic acids is 1. The van der Waals surface area contributed by atoms with Crippen molar-refractivity contribution in [2.45, 2.75) is 6.10 Å². The number of carbonyl (C=O) groups excluding carboxylic acids is 1. The summed E-state index contributed by atoms with van der Waals surface area (Å²) in [4.78, 5) is 26.3. The molecule has 7 heteroatoms. The fourth-order valence-corrected chi connectivity index (χ4v) is 2.10. The molecule has 7 nitrogen and oxygen atoms in total. The zero-order valence-corrected chi connectivity index (χ0v) is 12.0. The zero-order chi connectivity index (χ0) is 15.4. The summed E-state index contributed by atoms with van der Waals surface area (Å²) < 4.78 is 10.2. The van der Waals surface area contributed by atoms with Gasteiger partial charge in [0.1, 0.15) is 5.75 Å². The lowest BCUT2D eigenvalue weighted by molar-refractivity contribution is -0.154. The lowest BCUT2D eigenvalue weighted by atomic mass is 10.2. The number of hydrogen-bond acceptors (Lipinski definition) is 4. The highest BCUT2D eigenvalue weighted by Crippen LogP contribution is 2.20. The summed E-state index contributed by atoms with van der Waals surface area (Å²) in [7, 11) is 3.22. The molecule has 0 saturated carbocycles. The first kappa shape index (κ1) is 15.1. The number of amides is 2. The molecule has 0 aromatic heterocycles. The number of hydrogen-bond donors (Lipinski definition) is 1.